The lowest BCUT2D eigenvalue weighted by Gasteiger charge is -2.29. The van der Waals surface area contributed by atoms with Crippen molar-refractivity contribution in [2.24, 2.45) is 0 Å². The van der Waals surface area contributed by atoms with Crippen LogP contribution in [-0.2, 0) is 16.1 Å². The smallest absolute Gasteiger partial charge is 0.261 e. The maximum atomic E-state index is 13.0. The quantitative estimate of drug-likeness (QED) is 0.593. The molecule has 0 aliphatic carbocycles. The molecule has 0 bridgehead atoms. The number of carbonyl (C=O) groups excluding carboxylic acids is 2. The van der Waals surface area contributed by atoms with E-state index in [1.165, 1.54) is 4.90 Å². The van der Waals surface area contributed by atoms with E-state index in [1.807, 2.05) is 45.0 Å². The molecule has 2 amide bonds. The highest BCUT2D eigenvalue weighted by Crippen LogP contribution is 2.22. The number of carbonyl (C=O) groups is 2. The van der Waals surface area contributed by atoms with Gasteiger partial charge >= 0.3 is 0 Å². The summed E-state index contributed by atoms with van der Waals surface area (Å²) in [6, 6.07) is 12.1. The summed E-state index contributed by atoms with van der Waals surface area (Å²) in [6.45, 7) is 7.52. The monoisotopic (exact) mass is 480 g/mol. The Morgan fingerprint density at radius 1 is 1.17 bits per heavy atom. The van der Waals surface area contributed by atoms with Crippen LogP contribution in [-0.4, -0.2) is 35.4 Å². The standard InChI is InChI=1S/C22H26BrClN2O3/c1-14(2)25-22(28)16(4)26(12-17-6-5-7-18(24)11-17)21(27)13-29-19-8-9-20(23)15(3)10-19/h5-11,14,16H,12-13H2,1-4H3,(H,25,28)/t16-/m0/s1. The van der Waals surface area contributed by atoms with Crippen LogP contribution in [0.25, 0.3) is 0 Å². The van der Waals surface area contributed by atoms with Crippen LogP contribution in [0.1, 0.15) is 31.9 Å². The van der Waals surface area contributed by atoms with E-state index in [1.54, 1.807) is 25.1 Å². The summed E-state index contributed by atoms with van der Waals surface area (Å²) in [4.78, 5) is 27.0. The molecular formula is C22H26BrClN2O3. The summed E-state index contributed by atoms with van der Waals surface area (Å²) in [6.07, 6.45) is 0. The lowest BCUT2D eigenvalue weighted by Crippen LogP contribution is -2.50. The Morgan fingerprint density at radius 2 is 1.90 bits per heavy atom. The molecule has 1 N–H and O–H groups in total. The molecule has 5 nitrogen and oxygen atoms in total. The van der Waals surface area contributed by atoms with E-state index in [-0.39, 0.29) is 31.0 Å². The Labute approximate surface area is 185 Å². The van der Waals surface area contributed by atoms with E-state index in [9.17, 15) is 9.59 Å². The van der Waals surface area contributed by atoms with Gasteiger partial charge in [0, 0.05) is 22.1 Å². The SMILES string of the molecule is Cc1cc(OCC(=O)N(Cc2cccc(Cl)c2)[C@@H](C)C(=O)NC(C)C)ccc1Br. The van der Waals surface area contributed by atoms with Crippen molar-refractivity contribution in [1.82, 2.24) is 10.2 Å². The largest absolute Gasteiger partial charge is 0.484 e. The molecule has 0 aromatic heterocycles. The molecule has 2 aromatic rings. The summed E-state index contributed by atoms with van der Waals surface area (Å²) in [5.41, 5.74) is 1.85. The second-order valence-electron chi connectivity index (χ2n) is 7.19. The number of benzene rings is 2. The summed E-state index contributed by atoms with van der Waals surface area (Å²) >= 11 is 9.52. The van der Waals surface area contributed by atoms with Gasteiger partial charge in [0.25, 0.3) is 5.91 Å². The maximum Gasteiger partial charge on any atom is 0.261 e. The van der Waals surface area contributed by atoms with Gasteiger partial charge < -0.3 is 15.0 Å². The molecule has 0 saturated heterocycles. The van der Waals surface area contributed by atoms with Crippen LogP contribution in [0.2, 0.25) is 5.02 Å². The highest BCUT2D eigenvalue weighted by Gasteiger charge is 2.27. The van der Waals surface area contributed by atoms with Crippen molar-refractivity contribution >= 4 is 39.3 Å². The molecule has 7 heteroatoms. The molecule has 0 radical (unpaired) electrons. The summed E-state index contributed by atoms with van der Waals surface area (Å²) in [5.74, 6) is 0.104. The van der Waals surface area contributed by atoms with E-state index in [0.29, 0.717) is 10.8 Å². The Kier molecular flexibility index (Phi) is 8.53. The minimum absolute atomic E-state index is 0.0185. The van der Waals surface area contributed by atoms with Crippen molar-refractivity contribution in [2.45, 2.75) is 46.3 Å². The zero-order chi connectivity index (χ0) is 21.6. The van der Waals surface area contributed by atoms with Gasteiger partial charge in [0.05, 0.1) is 0 Å². The number of hydrogen-bond acceptors (Lipinski definition) is 3. The first-order chi connectivity index (χ1) is 13.7. The Balaban J connectivity index is 2.16. The molecule has 0 heterocycles. The van der Waals surface area contributed by atoms with Crippen LogP contribution in [0, 0.1) is 6.92 Å². The van der Waals surface area contributed by atoms with Crippen LogP contribution >= 0.6 is 27.5 Å². The fraction of sp³-hybridized carbons (Fsp3) is 0.364. The predicted molar refractivity (Wildman–Crippen MR) is 119 cm³/mol. The van der Waals surface area contributed by atoms with Crippen molar-refractivity contribution in [3.8, 4) is 5.75 Å². The average Bonchev–Trinajstić information content (AvgIpc) is 2.65. The minimum atomic E-state index is -0.654. The molecule has 0 aliphatic heterocycles. The third-order valence-corrected chi connectivity index (χ3v) is 5.46. The predicted octanol–water partition coefficient (Wildman–Crippen LogP) is 4.73. The van der Waals surface area contributed by atoms with E-state index in [2.05, 4.69) is 21.2 Å². The summed E-state index contributed by atoms with van der Waals surface area (Å²) in [7, 11) is 0. The molecule has 0 aliphatic rings. The number of nitrogens with one attached hydrogen (secondary N) is 1. The van der Waals surface area contributed by atoms with Crippen molar-refractivity contribution in [2.75, 3.05) is 6.61 Å². The van der Waals surface area contributed by atoms with E-state index < -0.39 is 6.04 Å². The molecule has 0 fully saturated rings. The molecule has 2 rings (SSSR count). The van der Waals surface area contributed by atoms with Gasteiger partial charge in [0.2, 0.25) is 5.91 Å². The maximum absolute atomic E-state index is 13.0. The third-order valence-electron chi connectivity index (χ3n) is 4.33. The fourth-order valence-corrected chi connectivity index (χ4v) is 3.21. The van der Waals surface area contributed by atoms with Gasteiger partial charge in [-0.2, -0.15) is 0 Å². The number of nitrogens with zero attached hydrogens (tertiary/aromatic N) is 1. The number of aryl methyl sites for hydroxylation is 1. The highest BCUT2D eigenvalue weighted by molar-refractivity contribution is 9.10. The van der Waals surface area contributed by atoms with Gasteiger partial charge in [-0.1, -0.05) is 39.7 Å². The number of amides is 2. The first kappa shape index (κ1) is 23.2. The van der Waals surface area contributed by atoms with Gasteiger partial charge in [-0.3, -0.25) is 9.59 Å². The Hall–Kier alpha value is -2.05. The number of rotatable bonds is 8. The first-order valence-corrected chi connectivity index (χ1v) is 10.6. The molecule has 156 valence electrons. The Bertz CT molecular complexity index is 873. The summed E-state index contributed by atoms with van der Waals surface area (Å²) in [5, 5.41) is 3.44. The molecule has 2 aromatic carbocycles. The van der Waals surface area contributed by atoms with Crippen LogP contribution in [0.15, 0.2) is 46.9 Å². The van der Waals surface area contributed by atoms with Gasteiger partial charge in [0.1, 0.15) is 11.8 Å². The normalized spacial score (nSPS) is 11.8. The van der Waals surface area contributed by atoms with Crippen molar-refractivity contribution < 1.29 is 14.3 Å². The Morgan fingerprint density at radius 3 is 2.52 bits per heavy atom. The lowest BCUT2D eigenvalue weighted by molar-refractivity contribution is -0.142. The van der Waals surface area contributed by atoms with Crippen molar-refractivity contribution in [3.63, 3.8) is 0 Å². The third kappa shape index (κ3) is 7.05. The zero-order valence-corrected chi connectivity index (χ0v) is 19.4. The fourth-order valence-electron chi connectivity index (χ4n) is 2.75. The van der Waals surface area contributed by atoms with Gasteiger partial charge in [-0.15, -0.1) is 0 Å². The molecule has 0 unspecified atom stereocenters. The summed E-state index contributed by atoms with van der Waals surface area (Å²) < 4.78 is 6.66. The average molecular weight is 482 g/mol. The lowest BCUT2D eigenvalue weighted by atomic mass is 10.1. The first-order valence-electron chi connectivity index (χ1n) is 9.40. The topological polar surface area (TPSA) is 58.6 Å². The van der Waals surface area contributed by atoms with Crippen LogP contribution in [0.5, 0.6) is 5.75 Å². The number of ether oxygens (including phenoxy) is 1. The second kappa shape index (κ2) is 10.6. The number of hydrogen-bond donors (Lipinski definition) is 1. The number of halogens is 2. The molecule has 0 spiro atoms. The van der Waals surface area contributed by atoms with Crippen molar-refractivity contribution in [1.29, 1.82) is 0 Å². The van der Waals surface area contributed by atoms with Crippen LogP contribution < -0.4 is 10.1 Å². The molecular weight excluding hydrogens is 456 g/mol. The molecule has 0 saturated carbocycles. The van der Waals surface area contributed by atoms with Crippen LogP contribution in [0.4, 0.5) is 0 Å². The molecule has 1 atom stereocenters. The highest BCUT2D eigenvalue weighted by atomic mass is 79.9. The zero-order valence-electron chi connectivity index (χ0n) is 17.0. The minimum Gasteiger partial charge on any atom is -0.484 e. The van der Waals surface area contributed by atoms with E-state index in [0.717, 1.165) is 15.6 Å². The second-order valence-corrected chi connectivity index (χ2v) is 8.48. The van der Waals surface area contributed by atoms with Crippen LogP contribution in [0.3, 0.4) is 0 Å². The van der Waals surface area contributed by atoms with Gasteiger partial charge in [-0.05, 0) is 69.2 Å². The van der Waals surface area contributed by atoms with Crippen molar-refractivity contribution in [3.05, 3.63) is 63.1 Å². The molecule has 29 heavy (non-hydrogen) atoms. The van der Waals surface area contributed by atoms with Gasteiger partial charge in [0.15, 0.2) is 6.61 Å². The van der Waals surface area contributed by atoms with E-state index >= 15 is 0 Å². The van der Waals surface area contributed by atoms with E-state index in [4.69, 9.17) is 16.3 Å². The van der Waals surface area contributed by atoms with Gasteiger partial charge in [-0.25, -0.2) is 0 Å².